The van der Waals surface area contributed by atoms with Gasteiger partial charge in [-0.1, -0.05) is 146 Å². The van der Waals surface area contributed by atoms with Crippen LogP contribution in [0.2, 0.25) is 0 Å². The maximum atomic E-state index is 6.68. The van der Waals surface area contributed by atoms with Crippen LogP contribution in [0.3, 0.4) is 0 Å². The summed E-state index contributed by atoms with van der Waals surface area (Å²) >= 11 is 0. The highest BCUT2D eigenvalue weighted by Gasteiger charge is 2.21. The second-order valence-corrected chi connectivity index (χ2v) is 14.1. The molecule has 0 saturated heterocycles. The van der Waals surface area contributed by atoms with Crippen LogP contribution in [0.4, 0.5) is 17.1 Å². The maximum absolute atomic E-state index is 6.68. The smallest absolute Gasteiger partial charge is 0.143 e. The molecule has 0 radical (unpaired) electrons. The third kappa shape index (κ3) is 5.20. The molecule has 0 aliphatic rings. The topological polar surface area (TPSA) is 29.5 Å². The molecule has 11 rings (SSSR count). The van der Waals surface area contributed by atoms with Gasteiger partial charge in [0.25, 0.3) is 0 Å². The average Bonchev–Trinajstić information content (AvgIpc) is 3.84. The quantitative estimate of drug-likeness (QED) is 0.173. The molecule has 55 heavy (non-hydrogen) atoms. The van der Waals surface area contributed by atoms with Crippen molar-refractivity contribution in [2.45, 2.75) is 0 Å². The highest BCUT2D eigenvalue weighted by atomic mass is 16.3. The van der Waals surface area contributed by atoms with E-state index in [1.165, 1.54) is 16.7 Å². The summed E-state index contributed by atoms with van der Waals surface area (Å²) in [4.78, 5) is 2.37. The van der Waals surface area contributed by atoms with Gasteiger partial charge in [-0.25, -0.2) is 0 Å². The Hall–Kier alpha value is -7.36. The Kier molecular flexibility index (Phi) is 7.17. The molecule has 0 amide bonds. The van der Waals surface area contributed by atoms with Crippen LogP contribution in [0, 0.1) is 0 Å². The standard InChI is InChI=1S/C52H33NO2/c1-2-11-34(12-3-1)35-23-25-36(26-24-35)37-27-30-40(31-28-37)53(46-19-10-22-49-51(46)45-32-29-38-13-4-5-16-43(38)52(45)55-49)41-15-8-14-39(33-41)42-18-9-21-48-50(42)44-17-6-7-20-47(44)54-48/h1-33H. The lowest BCUT2D eigenvalue weighted by atomic mass is 9.98. The molecule has 0 atom stereocenters. The van der Waals surface area contributed by atoms with Crippen molar-refractivity contribution < 1.29 is 8.83 Å². The van der Waals surface area contributed by atoms with E-state index in [0.717, 1.165) is 88.4 Å². The molecular weight excluding hydrogens is 671 g/mol. The van der Waals surface area contributed by atoms with Gasteiger partial charge in [0.1, 0.15) is 22.3 Å². The zero-order valence-corrected chi connectivity index (χ0v) is 29.8. The summed E-state index contributed by atoms with van der Waals surface area (Å²) in [6, 6.07) is 70.9. The summed E-state index contributed by atoms with van der Waals surface area (Å²) in [5.74, 6) is 0. The van der Waals surface area contributed by atoms with Crippen molar-refractivity contribution in [2.24, 2.45) is 0 Å². The third-order valence-corrected chi connectivity index (χ3v) is 10.9. The Labute approximate surface area is 317 Å². The van der Waals surface area contributed by atoms with Crippen molar-refractivity contribution in [3.05, 3.63) is 200 Å². The molecule has 3 heteroatoms. The summed E-state index contributed by atoms with van der Waals surface area (Å²) in [6.45, 7) is 0. The number of hydrogen-bond acceptors (Lipinski definition) is 3. The first-order valence-corrected chi connectivity index (χ1v) is 18.7. The first-order chi connectivity index (χ1) is 27.3. The number of fused-ring (bicyclic) bond motifs is 8. The van der Waals surface area contributed by atoms with E-state index in [0.29, 0.717) is 0 Å². The van der Waals surface area contributed by atoms with E-state index in [1.54, 1.807) is 0 Å². The number of hydrogen-bond donors (Lipinski definition) is 0. The molecule has 0 bridgehead atoms. The molecule has 0 aliphatic heterocycles. The second kappa shape index (κ2) is 12.6. The lowest BCUT2D eigenvalue weighted by molar-refractivity contribution is 0.669. The first kappa shape index (κ1) is 31.2. The minimum atomic E-state index is 0.856. The molecule has 0 unspecified atom stereocenters. The maximum Gasteiger partial charge on any atom is 0.143 e. The number of furan rings is 2. The average molecular weight is 704 g/mol. The Morgan fingerprint density at radius 1 is 0.327 bits per heavy atom. The van der Waals surface area contributed by atoms with Gasteiger partial charge in [0.05, 0.1) is 11.1 Å². The highest BCUT2D eigenvalue weighted by Crippen LogP contribution is 2.46. The summed E-state index contributed by atoms with van der Waals surface area (Å²) in [5, 5.41) is 6.68. The molecule has 11 aromatic rings. The zero-order valence-electron chi connectivity index (χ0n) is 29.8. The van der Waals surface area contributed by atoms with Crippen molar-refractivity contribution in [1.82, 2.24) is 0 Å². The molecule has 3 nitrogen and oxygen atoms in total. The fourth-order valence-electron chi connectivity index (χ4n) is 8.27. The van der Waals surface area contributed by atoms with Gasteiger partial charge in [-0.3, -0.25) is 0 Å². The molecule has 9 aromatic carbocycles. The molecule has 0 spiro atoms. The van der Waals surface area contributed by atoms with Crippen LogP contribution in [0.1, 0.15) is 0 Å². The van der Waals surface area contributed by atoms with Crippen molar-refractivity contribution in [1.29, 1.82) is 0 Å². The van der Waals surface area contributed by atoms with Gasteiger partial charge < -0.3 is 13.7 Å². The van der Waals surface area contributed by atoms with Crippen molar-refractivity contribution in [3.8, 4) is 33.4 Å². The van der Waals surface area contributed by atoms with E-state index in [4.69, 9.17) is 8.83 Å². The monoisotopic (exact) mass is 703 g/mol. The predicted molar refractivity (Wildman–Crippen MR) is 229 cm³/mol. The van der Waals surface area contributed by atoms with Gasteiger partial charge in [-0.05, 0) is 93.4 Å². The number of rotatable bonds is 6. The van der Waals surface area contributed by atoms with E-state index in [-0.39, 0.29) is 0 Å². The lowest BCUT2D eigenvalue weighted by Gasteiger charge is -2.27. The SMILES string of the molecule is c1ccc(-c2ccc(-c3ccc(N(c4cccc(-c5cccc6oc7ccccc7c56)c4)c4cccc5oc6c7ccccc7ccc6c45)cc3)cc2)cc1. The van der Waals surface area contributed by atoms with Crippen LogP contribution in [-0.4, -0.2) is 0 Å². The zero-order chi connectivity index (χ0) is 36.3. The Balaban J connectivity index is 1.09. The van der Waals surface area contributed by atoms with Crippen molar-refractivity contribution in [3.63, 3.8) is 0 Å². The van der Waals surface area contributed by atoms with Crippen molar-refractivity contribution in [2.75, 3.05) is 4.90 Å². The van der Waals surface area contributed by atoms with Crippen LogP contribution in [0.5, 0.6) is 0 Å². The number of para-hydroxylation sites is 1. The Bertz CT molecular complexity index is 3190. The fourth-order valence-corrected chi connectivity index (χ4v) is 8.27. The predicted octanol–water partition coefficient (Wildman–Crippen LogP) is 15.1. The largest absolute Gasteiger partial charge is 0.456 e. The van der Waals surface area contributed by atoms with Crippen LogP contribution in [0.25, 0.3) is 88.0 Å². The third-order valence-electron chi connectivity index (χ3n) is 10.9. The van der Waals surface area contributed by atoms with Crippen molar-refractivity contribution >= 4 is 71.7 Å². The summed E-state index contributed by atoms with van der Waals surface area (Å²) < 4.78 is 13.0. The Morgan fingerprint density at radius 3 is 1.73 bits per heavy atom. The molecule has 258 valence electrons. The van der Waals surface area contributed by atoms with Gasteiger partial charge in [-0.15, -0.1) is 0 Å². The van der Waals surface area contributed by atoms with E-state index >= 15 is 0 Å². The second-order valence-electron chi connectivity index (χ2n) is 14.1. The van der Waals surface area contributed by atoms with Crippen LogP contribution in [-0.2, 0) is 0 Å². The normalized spacial score (nSPS) is 11.6. The van der Waals surface area contributed by atoms with Crippen LogP contribution < -0.4 is 4.90 Å². The van der Waals surface area contributed by atoms with Crippen LogP contribution in [0.15, 0.2) is 209 Å². The highest BCUT2D eigenvalue weighted by molar-refractivity contribution is 6.20. The van der Waals surface area contributed by atoms with Gasteiger partial charge in [0.15, 0.2) is 0 Å². The summed E-state index contributed by atoms with van der Waals surface area (Å²) in [7, 11) is 0. The summed E-state index contributed by atoms with van der Waals surface area (Å²) in [5.41, 5.74) is 13.7. The molecule has 2 aromatic heterocycles. The minimum Gasteiger partial charge on any atom is -0.456 e. The van der Waals surface area contributed by atoms with E-state index < -0.39 is 0 Å². The number of anilines is 3. The van der Waals surface area contributed by atoms with Gasteiger partial charge in [0, 0.05) is 32.9 Å². The van der Waals surface area contributed by atoms with Gasteiger partial charge in [0.2, 0.25) is 0 Å². The number of nitrogens with zero attached hydrogens (tertiary/aromatic N) is 1. The first-order valence-electron chi connectivity index (χ1n) is 18.7. The Morgan fingerprint density at radius 2 is 0.927 bits per heavy atom. The molecule has 0 N–H and O–H groups in total. The van der Waals surface area contributed by atoms with Crippen LogP contribution >= 0.6 is 0 Å². The molecule has 0 aliphatic carbocycles. The van der Waals surface area contributed by atoms with Gasteiger partial charge in [-0.2, -0.15) is 0 Å². The minimum absolute atomic E-state index is 0.856. The van der Waals surface area contributed by atoms with E-state index in [1.807, 2.05) is 12.1 Å². The molecule has 0 saturated carbocycles. The summed E-state index contributed by atoms with van der Waals surface area (Å²) in [6.07, 6.45) is 0. The van der Waals surface area contributed by atoms with Gasteiger partial charge >= 0.3 is 0 Å². The molecular formula is C52H33NO2. The van der Waals surface area contributed by atoms with E-state index in [9.17, 15) is 0 Å². The molecule has 2 heterocycles. The number of benzene rings is 9. The lowest BCUT2D eigenvalue weighted by Crippen LogP contribution is -2.10. The fraction of sp³-hybridized carbons (Fsp3) is 0. The molecule has 0 fully saturated rings. The van der Waals surface area contributed by atoms with E-state index in [2.05, 4.69) is 193 Å².